The molecule has 0 aliphatic rings. The Bertz CT molecular complexity index is 875. The number of aromatic amines is 1. The zero-order valence-electron chi connectivity index (χ0n) is 18.1. The second-order valence-electron chi connectivity index (χ2n) is 7.26. The molecule has 0 bridgehead atoms. The Morgan fingerprint density at radius 3 is 2.10 bits per heavy atom. The van der Waals surface area contributed by atoms with Crippen LogP contribution >= 0.6 is 0 Å². The first kappa shape index (κ1) is 21.7. The number of methoxy groups -OCH3 is 1. The van der Waals surface area contributed by atoms with E-state index < -0.39 is 0 Å². The van der Waals surface area contributed by atoms with E-state index in [-0.39, 0.29) is 0 Å². The van der Waals surface area contributed by atoms with Crippen molar-refractivity contribution in [2.24, 2.45) is 0 Å². The molecule has 0 radical (unpaired) electrons. The fourth-order valence-corrected chi connectivity index (χ4v) is 3.19. The molecule has 0 saturated carbocycles. The Balaban J connectivity index is 1.48. The van der Waals surface area contributed by atoms with Gasteiger partial charge in [0.15, 0.2) is 0 Å². The molecule has 1 N–H and O–H groups in total. The molecule has 1 heterocycles. The molecule has 0 spiro atoms. The lowest BCUT2D eigenvalue weighted by Gasteiger charge is -2.16. The molecule has 30 heavy (non-hydrogen) atoms. The largest absolute Gasteiger partial charge is 0.497 e. The second-order valence-corrected chi connectivity index (χ2v) is 7.26. The van der Waals surface area contributed by atoms with Crippen molar-refractivity contribution in [2.75, 3.05) is 33.9 Å². The van der Waals surface area contributed by atoms with Gasteiger partial charge in [0.1, 0.15) is 30.5 Å². The molecule has 3 rings (SSSR count). The van der Waals surface area contributed by atoms with Gasteiger partial charge in [-0.05, 0) is 68.5 Å². The zero-order chi connectivity index (χ0) is 21.2. The smallest absolute Gasteiger partial charge is 0.122 e. The van der Waals surface area contributed by atoms with E-state index in [1.54, 1.807) is 7.11 Å². The molecule has 1 aromatic heterocycles. The van der Waals surface area contributed by atoms with Crippen molar-refractivity contribution in [1.82, 2.24) is 15.1 Å². The number of hydrogen-bond donors (Lipinski definition) is 1. The van der Waals surface area contributed by atoms with E-state index in [0.717, 1.165) is 41.6 Å². The monoisotopic (exact) mass is 409 g/mol. The summed E-state index contributed by atoms with van der Waals surface area (Å²) in [5.74, 6) is 2.43. The minimum atomic E-state index is 0.475. The van der Waals surface area contributed by atoms with Gasteiger partial charge < -0.3 is 19.1 Å². The van der Waals surface area contributed by atoms with Gasteiger partial charge in [-0.3, -0.25) is 5.10 Å². The first-order valence-corrected chi connectivity index (χ1v) is 10.4. The van der Waals surface area contributed by atoms with Crippen LogP contribution in [-0.4, -0.2) is 49.0 Å². The van der Waals surface area contributed by atoms with E-state index >= 15 is 0 Å². The van der Waals surface area contributed by atoms with Crippen molar-refractivity contribution >= 4 is 0 Å². The van der Waals surface area contributed by atoms with Crippen LogP contribution in [0.3, 0.4) is 0 Å². The van der Waals surface area contributed by atoms with E-state index in [2.05, 4.69) is 41.2 Å². The summed E-state index contributed by atoms with van der Waals surface area (Å²) in [4.78, 5) is 2.33. The maximum atomic E-state index is 5.80. The molecule has 0 atom stereocenters. The summed E-state index contributed by atoms with van der Waals surface area (Å²) in [6, 6.07) is 15.6. The fraction of sp³-hybridized carbons (Fsp3) is 0.375. The van der Waals surface area contributed by atoms with E-state index in [1.807, 2.05) is 42.6 Å². The fourth-order valence-electron chi connectivity index (χ4n) is 3.19. The van der Waals surface area contributed by atoms with Crippen LogP contribution in [-0.2, 0) is 6.54 Å². The van der Waals surface area contributed by atoms with Gasteiger partial charge in [-0.2, -0.15) is 5.10 Å². The first-order valence-electron chi connectivity index (χ1n) is 10.4. The topological polar surface area (TPSA) is 59.6 Å². The molecule has 0 unspecified atom stereocenters. The van der Waals surface area contributed by atoms with Crippen LogP contribution in [0.2, 0.25) is 0 Å². The normalized spacial score (nSPS) is 10.9. The van der Waals surface area contributed by atoms with Crippen LogP contribution in [0.5, 0.6) is 17.2 Å². The summed E-state index contributed by atoms with van der Waals surface area (Å²) in [5.41, 5.74) is 3.37. The highest BCUT2D eigenvalue weighted by Gasteiger charge is 2.10. The van der Waals surface area contributed by atoms with Gasteiger partial charge in [0, 0.05) is 17.7 Å². The van der Waals surface area contributed by atoms with Gasteiger partial charge in [0.2, 0.25) is 0 Å². The zero-order valence-corrected chi connectivity index (χ0v) is 18.1. The predicted octanol–water partition coefficient (Wildman–Crippen LogP) is 4.78. The van der Waals surface area contributed by atoms with E-state index in [4.69, 9.17) is 14.2 Å². The Kier molecular flexibility index (Phi) is 8.15. The number of nitrogens with one attached hydrogen (secondary N) is 1. The van der Waals surface area contributed by atoms with Gasteiger partial charge in [0.05, 0.1) is 19.0 Å². The van der Waals surface area contributed by atoms with Gasteiger partial charge in [0.25, 0.3) is 0 Å². The molecule has 0 aliphatic carbocycles. The third-order valence-corrected chi connectivity index (χ3v) is 4.87. The number of hydrogen-bond acceptors (Lipinski definition) is 5. The molecule has 6 nitrogen and oxygen atoms in total. The summed E-state index contributed by atoms with van der Waals surface area (Å²) < 4.78 is 16.6. The second kappa shape index (κ2) is 11.3. The molecule has 6 heteroatoms. The summed E-state index contributed by atoms with van der Waals surface area (Å²) in [6.45, 7) is 5.14. The number of H-pyrrole nitrogens is 1. The first-order chi connectivity index (χ1) is 14.7. The SMILES string of the molecule is CCCCN(C)Cc1cn[nH]c1-c1ccc(OCCOc2ccc(OC)cc2)cc1. The van der Waals surface area contributed by atoms with Gasteiger partial charge in [-0.15, -0.1) is 0 Å². The molecule has 0 amide bonds. The molecular formula is C24H31N3O3. The number of ether oxygens (including phenoxy) is 3. The van der Waals surface area contributed by atoms with Gasteiger partial charge >= 0.3 is 0 Å². The maximum Gasteiger partial charge on any atom is 0.122 e. The highest BCUT2D eigenvalue weighted by molar-refractivity contribution is 5.63. The molecule has 0 fully saturated rings. The quantitative estimate of drug-likeness (QED) is 0.437. The van der Waals surface area contributed by atoms with Crippen LogP contribution in [0, 0.1) is 0 Å². The average Bonchev–Trinajstić information content (AvgIpc) is 3.24. The number of unbranched alkanes of at least 4 members (excludes halogenated alkanes) is 1. The summed E-state index contributed by atoms with van der Waals surface area (Å²) in [7, 11) is 3.80. The standard InChI is InChI=1S/C24H31N3O3/c1-4-5-14-27(2)18-20-17-25-26-24(20)19-6-8-22(9-7-19)29-15-16-30-23-12-10-21(28-3)11-13-23/h6-13,17H,4-5,14-16,18H2,1-3H3,(H,25,26). The molecule has 160 valence electrons. The summed E-state index contributed by atoms with van der Waals surface area (Å²) in [6.07, 6.45) is 4.33. The minimum Gasteiger partial charge on any atom is -0.497 e. The minimum absolute atomic E-state index is 0.475. The number of aromatic nitrogens is 2. The van der Waals surface area contributed by atoms with Crippen LogP contribution in [0.1, 0.15) is 25.3 Å². The molecular weight excluding hydrogens is 378 g/mol. The lowest BCUT2D eigenvalue weighted by molar-refractivity contribution is 0.217. The molecule has 3 aromatic rings. The molecule has 0 saturated heterocycles. The van der Waals surface area contributed by atoms with Crippen LogP contribution in [0.4, 0.5) is 0 Å². The van der Waals surface area contributed by atoms with Gasteiger partial charge in [-0.25, -0.2) is 0 Å². The Morgan fingerprint density at radius 2 is 1.50 bits per heavy atom. The maximum absolute atomic E-state index is 5.80. The third-order valence-electron chi connectivity index (χ3n) is 4.87. The van der Waals surface area contributed by atoms with Crippen molar-refractivity contribution in [3.63, 3.8) is 0 Å². The van der Waals surface area contributed by atoms with E-state index in [9.17, 15) is 0 Å². The number of nitrogens with zero attached hydrogens (tertiary/aromatic N) is 2. The summed E-state index contributed by atoms with van der Waals surface area (Å²) in [5, 5.41) is 7.38. The van der Waals surface area contributed by atoms with Crippen molar-refractivity contribution in [2.45, 2.75) is 26.3 Å². The Labute approximate surface area is 178 Å². The highest BCUT2D eigenvalue weighted by atomic mass is 16.5. The molecule has 0 aliphatic heterocycles. The van der Waals surface area contributed by atoms with Crippen LogP contribution in [0.25, 0.3) is 11.3 Å². The van der Waals surface area contributed by atoms with Crippen molar-refractivity contribution in [1.29, 1.82) is 0 Å². The van der Waals surface area contributed by atoms with Crippen LogP contribution < -0.4 is 14.2 Å². The lowest BCUT2D eigenvalue weighted by Crippen LogP contribution is -2.19. The van der Waals surface area contributed by atoms with E-state index in [1.165, 1.54) is 18.4 Å². The Morgan fingerprint density at radius 1 is 0.900 bits per heavy atom. The number of benzene rings is 2. The van der Waals surface area contributed by atoms with Crippen molar-refractivity contribution < 1.29 is 14.2 Å². The third kappa shape index (κ3) is 6.26. The van der Waals surface area contributed by atoms with Crippen LogP contribution in [0.15, 0.2) is 54.7 Å². The lowest BCUT2D eigenvalue weighted by atomic mass is 10.1. The highest BCUT2D eigenvalue weighted by Crippen LogP contribution is 2.25. The van der Waals surface area contributed by atoms with E-state index in [0.29, 0.717) is 13.2 Å². The predicted molar refractivity (Wildman–Crippen MR) is 119 cm³/mol. The average molecular weight is 410 g/mol. The Hall–Kier alpha value is -2.99. The van der Waals surface area contributed by atoms with Gasteiger partial charge in [-0.1, -0.05) is 13.3 Å². The van der Waals surface area contributed by atoms with Crippen molar-refractivity contribution in [3.05, 3.63) is 60.3 Å². The summed E-state index contributed by atoms with van der Waals surface area (Å²) >= 11 is 0. The number of rotatable bonds is 12. The molecule has 2 aromatic carbocycles. The van der Waals surface area contributed by atoms with Crippen molar-refractivity contribution in [3.8, 4) is 28.5 Å².